The Labute approximate surface area is 158 Å². The number of hydrogen-bond acceptors (Lipinski definition) is 4. The van der Waals surface area contributed by atoms with Crippen molar-refractivity contribution in [2.45, 2.75) is 32.4 Å². The summed E-state index contributed by atoms with van der Waals surface area (Å²) in [6, 6.07) is 9.61. The van der Waals surface area contributed by atoms with Crippen molar-refractivity contribution in [1.82, 2.24) is 19.8 Å². The van der Waals surface area contributed by atoms with Gasteiger partial charge in [-0.25, -0.2) is 4.98 Å². The first-order chi connectivity index (χ1) is 12.7. The van der Waals surface area contributed by atoms with Crippen molar-refractivity contribution in [2.24, 2.45) is 5.92 Å². The Balaban J connectivity index is 1.41. The molecule has 0 unspecified atom stereocenters. The van der Waals surface area contributed by atoms with Gasteiger partial charge in [-0.2, -0.15) is 0 Å². The van der Waals surface area contributed by atoms with Crippen molar-refractivity contribution in [3.05, 3.63) is 41.7 Å². The lowest BCUT2D eigenvalue weighted by Gasteiger charge is -2.41. The van der Waals surface area contributed by atoms with E-state index in [1.165, 1.54) is 26.4 Å². The Morgan fingerprint density at radius 1 is 1.23 bits per heavy atom. The summed E-state index contributed by atoms with van der Waals surface area (Å²) in [5.41, 5.74) is 2.68. The van der Waals surface area contributed by atoms with Crippen LogP contribution in [-0.4, -0.2) is 46.7 Å². The Hall–Kier alpha value is -1.69. The summed E-state index contributed by atoms with van der Waals surface area (Å²) in [7, 11) is 0. The molecule has 0 aliphatic carbocycles. The van der Waals surface area contributed by atoms with Crippen molar-refractivity contribution < 1.29 is 0 Å². The lowest BCUT2D eigenvalue weighted by molar-refractivity contribution is 0.110. The van der Waals surface area contributed by atoms with Crippen LogP contribution in [0.1, 0.15) is 24.8 Å². The summed E-state index contributed by atoms with van der Waals surface area (Å²) in [6.45, 7) is 10.3. The Morgan fingerprint density at radius 2 is 2.08 bits per heavy atom. The fraction of sp³-hybridized carbons (Fsp3) is 0.476. The molecule has 2 aromatic heterocycles. The number of rotatable bonds is 5. The molecule has 0 amide bonds. The molecule has 3 aromatic rings. The first kappa shape index (κ1) is 16.5. The normalized spacial score (nSPS) is 19.2. The minimum absolute atomic E-state index is 0.617. The van der Waals surface area contributed by atoms with Crippen molar-refractivity contribution in [3.8, 4) is 10.4 Å². The highest BCUT2D eigenvalue weighted by Crippen LogP contribution is 2.38. The predicted octanol–water partition coefficient (Wildman–Crippen LogP) is 3.79. The van der Waals surface area contributed by atoms with Gasteiger partial charge >= 0.3 is 0 Å². The van der Waals surface area contributed by atoms with Crippen molar-refractivity contribution >= 4 is 22.2 Å². The number of fused-ring (bicyclic) bond motifs is 1. The van der Waals surface area contributed by atoms with Crippen molar-refractivity contribution in [2.75, 3.05) is 26.2 Å². The van der Waals surface area contributed by atoms with E-state index in [0.29, 0.717) is 12.0 Å². The van der Waals surface area contributed by atoms with E-state index in [2.05, 4.69) is 65.3 Å². The van der Waals surface area contributed by atoms with Crippen LogP contribution in [0.4, 0.5) is 0 Å². The molecular formula is C21H26N4S. The molecule has 4 heterocycles. The second-order valence-electron chi connectivity index (χ2n) is 8.04. The van der Waals surface area contributed by atoms with Crippen LogP contribution < -0.4 is 5.32 Å². The number of benzene rings is 1. The van der Waals surface area contributed by atoms with E-state index in [1.807, 2.05) is 11.3 Å². The molecule has 2 fully saturated rings. The lowest BCUT2D eigenvalue weighted by Crippen LogP contribution is -2.48. The summed E-state index contributed by atoms with van der Waals surface area (Å²) in [6.07, 6.45) is 4.33. The molecule has 2 aliphatic heterocycles. The Morgan fingerprint density at radius 3 is 2.81 bits per heavy atom. The fourth-order valence-electron chi connectivity index (χ4n) is 4.04. The molecule has 1 N–H and O–H groups in total. The van der Waals surface area contributed by atoms with Gasteiger partial charge in [0.1, 0.15) is 0 Å². The third-order valence-electron chi connectivity index (χ3n) is 5.91. The maximum absolute atomic E-state index is 4.77. The number of nitrogens with zero attached hydrogens (tertiary/aromatic N) is 3. The van der Waals surface area contributed by atoms with Gasteiger partial charge in [-0.15, -0.1) is 11.3 Å². The minimum Gasteiger partial charge on any atom is -0.347 e. The average Bonchev–Trinajstić information content (AvgIpc) is 3.16. The van der Waals surface area contributed by atoms with Gasteiger partial charge in [-0.3, -0.25) is 4.90 Å². The molecule has 136 valence electrons. The third-order valence-corrected chi connectivity index (χ3v) is 7.11. The SMILES string of the molecule is CC(C)N1CC(c2ncc(-c3cccc4c3ccn4CC3CNC3)s2)C1. The molecule has 5 heteroatoms. The van der Waals surface area contributed by atoms with E-state index in [1.54, 1.807) is 0 Å². The van der Waals surface area contributed by atoms with E-state index in [0.717, 1.165) is 38.6 Å². The van der Waals surface area contributed by atoms with Crippen molar-refractivity contribution in [1.29, 1.82) is 0 Å². The summed E-state index contributed by atoms with van der Waals surface area (Å²) in [4.78, 5) is 8.59. The maximum atomic E-state index is 4.77. The second-order valence-corrected chi connectivity index (χ2v) is 9.10. The van der Waals surface area contributed by atoms with E-state index in [4.69, 9.17) is 4.98 Å². The van der Waals surface area contributed by atoms with E-state index >= 15 is 0 Å². The highest BCUT2D eigenvalue weighted by Gasteiger charge is 2.31. The van der Waals surface area contributed by atoms with Crippen LogP contribution >= 0.6 is 11.3 Å². The standard InChI is InChI=1S/C21H26N4S/c1-14(2)25-12-16(13-25)21-23-10-20(26-21)18-4-3-5-19-17(18)6-7-24(19)11-15-8-22-9-15/h3-7,10,14-16,22H,8-9,11-13H2,1-2H3. The van der Waals surface area contributed by atoms with Crippen LogP contribution in [-0.2, 0) is 6.54 Å². The molecule has 2 aliphatic rings. The van der Waals surface area contributed by atoms with Gasteiger partial charge in [0.15, 0.2) is 0 Å². The van der Waals surface area contributed by atoms with Gasteiger partial charge in [0.05, 0.1) is 9.88 Å². The van der Waals surface area contributed by atoms with Crippen LogP contribution in [0.3, 0.4) is 0 Å². The van der Waals surface area contributed by atoms with Crippen LogP contribution in [0.5, 0.6) is 0 Å². The average molecular weight is 367 g/mol. The van der Waals surface area contributed by atoms with Crippen LogP contribution in [0.2, 0.25) is 0 Å². The maximum Gasteiger partial charge on any atom is 0.0987 e. The number of nitrogens with one attached hydrogen (secondary N) is 1. The molecule has 1 aromatic carbocycles. The van der Waals surface area contributed by atoms with Gasteiger partial charge in [-0.1, -0.05) is 12.1 Å². The zero-order valence-corrected chi connectivity index (χ0v) is 16.3. The molecule has 26 heavy (non-hydrogen) atoms. The zero-order valence-electron chi connectivity index (χ0n) is 15.5. The quantitative estimate of drug-likeness (QED) is 0.746. The van der Waals surface area contributed by atoms with Gasteiger partial charge in [0, 0.05) is 79.5 Å². The van der Waals surface area contributed by atoms with Gasteiger partial charge in [0.2, 0.25) is 0 Å². The van der Waals surface area contributed by atoms with Crippen LogP contribution in [0.25, 0.3) is 21.3 Å². The van der Waals surface area contributed by atoms with Gasteiger partial charge in [0.25, 0.3) is 0 Å². The largest absolute Gasteiger partial charge is 0.347 e. The monoisotopic (exact) mass is 366 g/mol. The van der Waals surface area contributed by atoms with Crippen molar-refractivity contribution in [3.63, 3.8) is 0 Å². The summed E-state index contributed by atoms with van der Waals surface area (Å²) in [5.74, 6) is 1.39. The molecule has 2 saturated heterocycles. The minimum atomic E-state index is 0.617. The molecular weight excluding hydrogens is 340 g/mol. The van der Waals surface area contributed by atoms with Crippen LogP contribution in [0.15, 0.2) is 36.7 Å². The predicted molar refractivity (Wildman–Crippen MR) is 109 cm³/mol. The molecule has 5 rings (SSSR count). The number of hydrogen-bond donors (Lipinski definition) is 1. The summed E-state index contributed by atoms with van der Waals surface area (Å²) < 4.78 is 2.42. The Kier molecular flexibility index (Phi) is 4.11. The summed E-state index contributed by atoms with van der Waals surface area (Å²) >= 11 is 1.88. The second kappa shape index (κ2) is 6.48. The lowest BCUT2D eigenvalue weighted by atomic mass is 9.99. The Bertz CT molecular complexity index is 915. The number of thiazole rings is 1. The molecule has 0 bridgehead atoms. The van der Waals surface area contributed by atoms with Gasteiger partial charge < -0.3 is 9.88 Å². The molecule has 4 nitrogen and oxygen atoms in total. The van der Waals surface area contributed by atoms with Gasteiger partial charge in [-0.05, 0) is 26.0 Å². The smallest absolute Gasteiger partial charge is 0.0987 e. The number of aromatic nitrogens is 2. The molecule has 0 radical (unpaired) electrons. The highest BCUT2D eigenvalue weighted by molar-refractivity contribution is 7.15. The third kappa shape index (κ3) is 2.79. The number of likely N-dealkylation sites (tertiary alicyclic amines) is 1. The van der Waals surface area contributed by atoms with E-state index in [-0.39, 0.29) is 0 Å². The van der Waals surface area contributed by atoms with E-state index in [9.17, 15) is 0 Å². The zero-order chi connectivity index (χ0) is 17.7. The van der Waals surface area contributed by atoms with Crippen LogP contribution in [0, 0.1) is 5.92 Å². The molecule has 0 saturated carbocycles. The fourth-order valence-corrected chi connectivity index (χ4v) is 5.08. The molecule has 0 atom stereocenters. The highest BCUT2D eigenvalue weighted by atomic mass is 32.1. The first-order valence-corrected chi connectivity index (χ1v) is 10.5. The summed E-state index contributed by atoms with van der Waals surface area (Å²) in [5, 5.41) is 6.02. The topological polar surface area (TPSA) is 33.1 Å². The first-order valence-electron chi connectivity index (χ1n) is 9.68. The molecule has 0 spiro atoms. The van der Waals surface area contributed by atoms with E-state index < -0.39 is 0 Å².